The number of para-hydroxylation sites is 1. The standard InChI is InChI=1S/C20H27N3O2/c1-4-12-23(13-5-2)20(24)18-14-17(10-11-21-18)22-15-16-8-6-7-9-19(16)25-3/h6-11,14H,4-5,12-13,15H2,1-3H3,(H,21,22). The number of amides is 1. The quantitative estimate of drug-likeness (QED) is 0.750. The van der Waals surface area contributed by atoms with Crippen LogP contribution in [0, 0.1) is 0 Å². The molecule has 0 spiro atoms. The summed E-state index contributed by atoms with van der Waals surface area (Å²) in [6.45, 7) is 6.29. The third-order valence-electron chi connectivity index (χ3n) is 3.93. The summed E-state index contributed by atoms with van der Waals surface area (Å²) < 4.78 is 5.37. The lowest BCUT2D eigenvalue weighted by atomic mass is 10.2. The van der Waals surface area contributed by atoms with E-state index in [0.29, 0.717) is 12.2 Å². The molecule has 0 radical (unpaired) electrons. The predicted molar refractivity (Wildman–Crippen MR) is 101 cm³/mol. The number of anilines is 1. The van der Waals surface area contributed by atoms with Crippen molar-refractivity contribution in [2.75, 3.05) is 25.5 Å². The van der Waals surface area contributed by atoms with Crippen LogP contribution in [0.2, 0.25) is 0 Å². The number of aromatic nitrogens is 1. The topological polar surface area (TPSA) is 54.5 Å². The molecule has 2 rings (SSSR count). The third-order valence-corrected chi connectivity index (χ3v) is 3.93. The summed E-state index contributed by atoms with van der Waals surface area (Å²) in [5, 5.41) is 3.34. The molecular formula is C20H27N3O2. The van der Waals surface area contributed by atoms with E-state index in [1.165, 1.54) is 0 Å². The number of hydrogen-bond donors (Lipinski definition) is 1. The molecular weight excluding hydrogens is 314 g/mol. The summed E-state index contributed by atoms with van der Waals surface area (Å²) in [6.07, 6.45) is 3.56. The molecule has 0 aliphatic rings. The fourth-order valence-electron chi connectivity index (χ4n) is 2.72. The van der Waals surface area contributed by atoms with E-state index in [4.69, 9.17) is 4.74 Å². The van der Waals surface area contributed by atoms with Gasteiger partial charge in [-0.05, 0) is 31.0 Å². The first kappa shape index (κ1) is 18.8. The molecule has 0 saturated heterocycles. The van der Waals surface area contributed by atoms with Crippen molar-refractivity contribution in [3.8, 4) is 5.75 Å². The average molecular weight is 341 g/mol. The van der Waals surface area contributed by atoms with Crippen LogP contribution in [0.25, 0.3) is 0 Å². The zero-order valence-corrected chi connectivity index (χ0v) is 15.3. The highest BCUT2D eigenvalue weighted by molar-refractivity contribution is 5.93. The van der Waals surface area contributed by atoms with Gasteiger partial charge in [0.05, 0.1) is 7.11 Å². The van der Waals surface area contributed by atoms with Crippen molar-refractivity contribution in [2.24, 2.45) is 0 Å². The van der Waals surface area contributed by atoms with Crippen molar-refractivity contribution in [1.29, 1.82) is 0 Å². The van der Waals surface area contributed by atoms with E-state index in [2.05, 4.69) is 24.1 Å². The number of hydrogen-bond acceptors (Lipinski definition) is 4. The van der Waals surface area contributed by atoms with Crippen molar-refractivity contribution < 1.29 is 9.53 Å². The van der Waals surface area contributed by atoms with Crippen LogP contribution in [-0.4, -0.2) is 36.0 Å². The molecule has 1 aromatic heterocycles. The molecule has 0 fully saturated rings. The Morgan fingerprint density at radius 2 is 1.88 bits per heavy atom. The van der Waals surface area contributed by atoms with Gasteiger partial charge in [-0.15, -0.1) is 0 Å². The second kappa shape index (κ2) is 9.67. The summed E-state index contributed by atoms with van der Waals surface area (Å²) in [7, 11) is 1.66. The second-order valence-electron chi connectivity index (χ2n) is 5.89. The largest absolute Gasteiger partial charge is 0.496 e. The van der Waals surface area contributed by atoms with E-state index in [1.807, 2.05) is 41.3 Å². The van der Waals surface area contributed by atoms with Gasteiger partial charge in [0, 0.05) is 37.1 Å². The minimum atomic E-state index is -0.00959. The highest BCUT2D eigenvalue weighted by atomic mass is 16.5. The number of pyridine rings is 1. The Morgan fingerprint density at radius 1 is 1.16 bits per heavy atom. The summed E-state index contributed by atoms with van der Waals surface area (Å²) in [6, 6.07) is 11.6. The average Bonchev–Trinajstić information content (AvgIpc) is 2.66. The molecule has 0 unspecified atom stereocenters. The molecule has 1 aromatic carbocycles. The van der Waals surface area contributed by atoms with Crippen LogP contribution in [-0.2, 0) is 6.54 Å². The molecule has 0 saturated carbocycles. The van der Waals surface area contributed by atoms with Gasteiger partial charge in [-0.25, -0.2) is 0 Å². The van der Waals surface area contributed by atoms with Crippen LogP contribution in [0.15, 0.2) is 42.6 Å². The normalized spacial score (nSPS) is 10.4. The number of nitrogens with one attached hydrogen (secondary N) is 1. The molecule has 5 heteroatoms. The van der Waals surface area contributed by atoms with Crippen LogP contribution in [0.1, 0.15) is 42.7 Å². The van der Waals surface area contributed by atoms with E-state index < -0.39 is 0 Å². The van der Waals surface area contributed by atoms with Gasteiger partial charge in [0.25, 0.3) is 5.91 Å². The van der Waals surface area contributed by atoms with E-state index in [0.717, 1.165) is 42.9 Å². The lowest BCUT2D eigenvalue weighted by molar-refractivity contribution is 0.0749. The molecule has 25 heavy (non-hydrogen) atoms. The molecule has 5 nitrogen and oxygen atoms in total. The van der Waals surface area contributed by atoms with E-state index in [-0.39, 0.29) is 5.91 Å². The number of methoxy groups -OCH3 is 1. The lowest BCUT2D eigenvalue weighted by Gasteiger charge is -2.21. The van der Waals surface area contributed by atoms with Crippen LogP contribution in [0.3, 0.4) is 0 Å². The van der Waals surface area contributed by atoms with Crippen LogP contribution in [0.5, 0.6) is 5.75 Å². The Balaban J connectivity index is 2.09. The lowest BCUT2D eigenvalue weighted by Crippen LogP contribution is -2.33. The minimum Gasteiger partial charge on any atom is -0.496 e. The SMILES string of the molecule is CCCN(CCC)C(=O)c1cc(NCc2ccccc2OC)ccn1. The predicted octanol–water partition coefficient (Wildman–Crippen LogP) is 3.96. The number of rotatable bonds is 9. The smallest absolute Gasteiger partial charge is 0.272 e. The van der Waals surface area contributed by atoms with E-state index in [9.17, 15) is 4.79 Å². The summed E-state index contributed by atoms with van der Waals surface area (Å²) in [5.74, 6) is 0.835. The fraction of sp³-hybridized carbons (Fsp3) is 0.400. The summed E-state index contributed by atoms with van der Waals surface area (Å²) >= 11 is 0. The number of carbonyl (C=O) groups is 1. The monoisotopic (exact) mass is 341 g/mol. The first-order valence-corrected chi connectivity index (χ1v) is 8.80. The van der Waals surface area contributed by atoms with Gasteiger partial charge in [-0.1, -0.05) is 32.0 Å². The van der Waals surface area contributed by atoms with Gasteiger partial charge >= 0.3 is 0 Å². The summed E-state index contributed by atoms with van der Waals surface area (Å²) in [4.78, 5) is 18.8. The van der Waals surface area contributed by atoms with Crippen LogP contribution in [0.4, 0.5) is 5.69 Å². The van der Waals surface area contributed by atoms with Crippen LogP contribution < -0.4 is 10.1 Å². The Kier molecular flexibility index (Phi) is 7.26. The van der Waals surface area contributed by atoms with E-state index in [1.54, 1.807) is 13.3 Å². The molecule has 0 aliphatic carbocycles. The molecule has 0 bridgehead atoms. The molecule has 2 aromatic rings. The molecule has 0 atom stereocenters. The Bertz CT molecular complexity index is 682. The Hall–Kier alpha value is -2.56. The maximum atomic E-state index is 12.7. The van der Waals surface area contributed by atoms with Gasteiger partial charge < -0.3 is 15.0 Å². The molecule has 1 amide bonds. The third kappa shape index (κ3) is 5.21. The number of benzene rings is 1. The van der Waals surface area contributed by atoms with Crippen molar-refractivity contribution >= 4 is 11.6 Å². The zero-order chi connectivity index (χ0) is 18.1. The Morgan fingerprint density at radius 3 is 2.56 bits per heavy atom. The first-order chi connectivity index (χ1) is 12.2. The van der Waals surface area contributed by atoms with Gasteiger partial charge in [0.15, 0.2) is 0 Å². The number of carbonyl (C=O) groups excluding carboxylic acids is 1. The van der Waals surface area contributed by atoms with Crippen molar-refractivity contribution in [3.63, 3.8) is 0 Å². The van der Waals surface area contributed by atoms with Crippen LogP contribution >= 0.6 is 0 Å². The van der Waals surface area contributed by atoms with E-state index >= 15 is 0 Å². The fourth-order valence-corrected chi connectivity index (χ4v) is 2.72. The highest BCUT2D eigenvalue weighted by Crippen LogP contribution is 2.19. The van der Waals surface area contributed by atoms with Gasteiger partial charge in [0.1, 0.15) is 11.4 Å². The minimum absolute atomic E-state index is 0.00959. The molecule has 0 aliphatic heterocycles. The van der Waals surface area contributed by atoms with Crippen molar-refractivity contribution in [1.82, 2.24) is 9.88 Å². The second-order valence-corrected chi connectivity index (χ2v) is 5.89. The maximum absolute atomic E-state index is 12.7. The van der Waals surface area contributed by atoms with Gasteiger partial charge in [-0.3, -0.25) is 9.78 Å². The maximum Gasteiger partial charge on any atom is 0.272 e. The first-order valence-electron chi connectivity index (χ1n) is 8.80. The van der Waals surface area contributed by atoms with Gasteiger partial charge in [0.2, 0.25) is 0 Å². The number of ether oxygens (including phenoxy) is 1. The van der Waals surface area contributed by atoms with Crippen molar-refractivity contribution in [2.45, 2.75) is 33.2 Å². The molecule has 1 N–H and O–H groups in total. The highest BCUT2D eigenvalue weighted by Gasteiger charge is 2.16. The zero-order valence-electron chi connectivity index (χ0n) is 15.3. The molecule has 134 valence electrons. The van der Waals surface area contributed by atoms with Gasteiger partial charge in [-0.2, -0.15) is 0 Å². The summed E-state index contributed by atoms with van der Waals surface area (Å²) in [5.41, 5.74) is 2.41. The number of nitrogens with zero attached hydrogens (tertiary/aromatic N) is 2. The molecule has 1 heterocycles. The Labute approximate surface area is 150 Å². The van der Waals surface area contributed by atoms with Crippen molar-refractivity contribution in [3.05, 3.63) is 53.9 Å².